The Balaban J connectivity index is 4.30. The Morgan fingerprint density at radius 1 is 0.633 bits per heavy atom. The van der Waals surface area contributed by atoms with Gasteiger partial charge in [0.05, 0.1) is 34.4 Å². The number of rotatable bonds is 37. The van der Waals surface area contributed by atoms with E-state index in [1.165, 1.54) is 89.9 Å². The average Bonchev–Trinajstić information content (AvgIpc) is 3.04. The van der Waals surface area contributed by atoms with Crippen molar-refractivity contribution < 1.29 is 37.3 Å². The number of likely N-dealkylation sites (N-methyl/N-ethyl adjacent to an activating group) is 1. The van der Waals surface area contributed by atoms with Gasteiger partial charge in [-0.2, -0.15) is 0 Å². The van der Waals surface area contributed by atoms with E-state index in [9.17, 15) is 14.3 Å². The molecular formula is C40H79NO7P+. The second-order valence-electron chi connectivity index (χ2n) is 14.7. The highest BCUT2D eigenvalue weighted by Crippen LogP contribution is 2.43. The van der Waals surface area contributed by atoms with Gasteiger partial charge in [0.15, 0.2) is 0 Å². The molecule has 0 fully saturated rings. The molecule has 0 aliphatic rings. The van der Waals surface area contributed by atoms with Crippen molar-refractivity contribution in [1.29, 1.82) is 0 Å². The minimum Gasteiger partial charge on any atom is -0.457 e. The van der Waals surface area contributed by atoms with E-state index in [1.54, 1.807) is 0 Å². The second kappa shape index (κ2) is 34.1. The van der Waals surface area contributed by atoms with E-state index in [2.05, 4.69) is 38.2 Å². The zero-order valence-corrected chi connectivity index (χ0v) is 33.6. The highest BCUT2D eigenvalue weighted by Gasteiger charge is 2.26. The van der Waals surface area contributed by atoms with Gasteiger partial charge in [-0.1, -0.05) is 141 Å². The highest BCUT2D eigenvalue weighted by molar-refractivity contribution is 7.47. The molecule has 0 heterocycles. The Hall–Kier alpha value is -1.02. The van der Waals surface area contributed by atoms with E-state index in [4.69, 9.17) is 18.5 Å². The summed E-state index contributed by atoms with van der Waals surface area (Å²) < 4.78 is 34.9. The Morgan fingerprint density at radius 3 is 1.69 bits per heavy atom. The standard InChI is InChI=1S/C40H78NO7P/c1-6-8-10-12-14-16-18-20-21-22-23-25-27-29-31-33-40(42)48-39(38-47-49(43,44)46-36-34-41(3,4)5)37-45-35-32-30-28-26-24-19-17-15-13-11-9-7-2/h14,16,20-21,39H,6-13,15,17-19,22-38H2,1-5H3/p+1/b16-14-,21-20-. The Kier molecular flexibility index (Phi) is 33.4. The molecule has 0 aromatic carbocycles. The van der Waals surface area contributed by atoms with E-state index in [0.29, 0.717) is 24.1 Å². The number of quaternary nitrogens is 1. The van der Waals surface area contributed by atoms with Crippen LogP contribution in [0.25, 0.3) is 0 Å². The number of allylic oxidation sites excluding steroid dienone is 4. The number of ether oxygens (including phenoxy) is 2. The second-order valence-corrected chi connectivity index (χ2v) is 16.1. The predicted octanol–water partition coefficient (Wildman–Crippen LogP) is 11.3. The van der Waals surface area contributed by atoms with Gasteiger partial charge in [0.25, 0.3) is 0 Å². The van der Waals surface area contributed by atoms with Crippen LogP contribution in [0, 0.1) is 0 Å². The van der Waals surface area contributed by atoms with E-state index in [-0.39, 0.29) is 25.8 Å². The van der Waals surface area contributed by atoms with Crippen molar-refractivity contribution >= 4 is 13.8 Å². The third-order valence-electron chi connectivity index (χ3n) is 8.52. The van der Waals surface area contributed by atoms with Crippen LogP contribution in [0.3, 0.4) is 0 Å². The Bertz CT molecular complexity index is 843. The zero-order valence-electron chi connectivity index (χ0n) is 32.7. The van der Waals surface area contributed by atoms with E-state index >= 15 is 0 Å². The summed E-state index contributed by atoms with van der Waals surface area (Å²) in [5.74, 6) is -0.327. The van der Waals surface area contributed by atoms with Crippen LogP contribution in [0.1, 0.15) is 168 Å². The highest BCUT2D eigenvalue weighted by atomic mass is 31.2. The van der Waals surface area contributed by atoms with Gasteiger partial charge in [0.2, 0.25) is 0 Å². The summed E-state index contributed by atoms with van der Waals surface area (Å²) in [5.41, 5.74) is 0. The number of esters is 1. The number of hydrogen-bond acceptors (Lipinski definition) is 6. The van der Waals surface area contributed by atoms with Crippen molar-refractivity contribution in [2.24, 2.45) is 0 Å². The number of nitrogens with zero attached hydrogens (tertiary/aromatic N) is 1. The number of phosphoric ester groups is 1. The molecule has 0 rings (SSSR count). The molecule has 0 aromatic heterocycles. The molecule has 0 aliphatic heterocycles. The summed E-state index contributed by atoms with van der Waals surface area (Å²) in [6.07, 6.45) is 36.2. The summed E-state index contributed by atoms with van der Waals surface area (Å²) in [5, 5.41) is 0. The summed E-state index contributed by atoms with van der Waals surface area (Å²) >= 11 is 0. The molecule has 0 aromatic rings. The molecule has 8 nitrogen and oxygen atoms in total. The Morgan fingerprint density at radius 2 is 1.12 bits per heavy atom. The van der Waals surface area contributed by atoms with Gasteiger partial charge in [-0.15, -0.1) is 0 Å². The fraction of sp³-hybridized carbons (Fsp3) is 0.875. The molecule has 0 aliphatic carbocycles. The number of carbonyl (C=O) groups excluding carboxylic acids is 1. The maximum atomic E-state index is 12.6. The fourth-order valence-corrected chi connectivity index (χ4v) is 6.09. The third-order valence-corrected chi connectivity index (χ3v) is 9.50. The van der Waals surface area contributed by atoms with Gasteiger partial charge in [0.1, 0.15) is 19.3 Å². The predicted molar refractivity (Wildman–Crippen MR) is 206 cm³/mol. The first-order valence-electron chi connectivity index (χ1n) is 20.1. The zero-order chi connectivity index (χ0) is 36.3. The maximum Gasteiger partial charge on any atom is 0.472 e. The lowest BCUT2D eigenvalue weighted by Gasteiger charge is -2.24. The molecule has 1 N–H and O–H groups in total. The summed E-state index contributed by atoms with van der Waals surface area (Å²) in [6, 6.07) is 0. The van der Waals surface area contributed by atoms with Crippen LogP contribution in [0.4, 0.5) is 0 Å². The summed E-state index contributed by atoms with van der Waals surface area (Å²) in [6.45, 7) is 5.58. The third kappa shape index (κ3) is 38.1. The van der Waals surface area contributed by atoms with Crippen LogP contribution in [-0.4, -0.2) is 75.6 Å². The molecule has 0 radical (unpaired) electrons. The van der Waals surface area contributed by atoms with Gasteiger partial charge in [0, 0.05) is 13.0 Å². The first-order valence-corrected chi connectivity index (χ1v) is 21.6. The van der Waals surface area contributed by atoms with Crippen molar-refractivity contribution in [3.05, 3.63) is 24.3 Å². The van der Waals surface area contributed by atoms with Crippen molar-refractivity contribution in [3.8, 4) is 0 Å². The first kappa shape index (κ1) is 48.0. The van der Waals surface area contributed by atoms with Crippen molar-refractivity contribution in [3.63, 3.8) is 0 Å². The lowest BCUT2D eigenvalue weighted by atomic mass is 10.1. The van der Waals surface area contributed by atoms with Crippen LogP contribution in [0.15, 0.2) is 24.3 Å². The van der Waals surface area contributed by atoms with E-state index < -0.39 is 13.9 Å². The largest absolute Gasteiger partial charge is 0.472 e. The minimum absolute atomic E-state index is 0.0873. The first-order chi connectivity index (χ1) is 23.6. The molecule has 290 valence electrons. The number of unbranched alkanes of at least 4 members (excludes halogenated alkanes) is 19. The quantitative estimate of drug-likeness (QED) is 0.0225. The van der Waals surface area contributed by atoms with E-state index in [0.717, 1.165) is 57.8 Å². The molecule has 0 saturated carbocycles. The average molecular weight is 717 g/mol. The van der Waals surface area contributed by atoms with Crippen LogP contribution < -0.4 is 0 Å². The number of carbonyl (C=O) groups is 1. The maximum absolute atomic E-state index is 12.6. The number of phosphoric acid groups is 1. The molecule has 2 atom stereocenters. The van der Waals surface area contributed by atoms with Crippen LogP contribution in [0.2, 0.25) is 0 Å². The molecule has 0 amide bonds. The monoisotopic (exact) mass is 717 g/mol. The molecule has 49 heavy (non-hydrogen) atoms. The van der Waals surface area contributed by atoms with Crippen LogP contribution in [-0.2, 0) is 27.9 Å². The van der Waals surface area contributed by atoms with Crippen molar-refractivity contribution in [1.82, 2.24) is 0 Å². The molecular weight excluding hydrogens is 637 g/mol. The molecule has 0 saturated heterocycles. The summed E-state index contributed by atoms with van der Waals surface area (Å²) in [7, 11) is 1.66. The topological polar surface area (TPSA) is 91.3 Å². The van der Waals surface area contributed by atoms with Crippen molar-refractivity contribution in [2.75, 3.05) is 54.1 Å². The van der Waals surface area contributed by atoms with Crippen LogP contribution >= 0.6 is 7.82 Å². The SMILES string of the molecule is CCCCC/C=C\C/C=C\CCCCCCCC(=O)OC(COCCCCCCCCCCCCCC)COP(=O)(O)OCC[N+](C)(C)C. The number of hydrogen-bond donors (Lipinski definition) is 1. The fourth-order valence-electron chi connectivity index (χ4n) is 5.35. The lowest BCUT2D eigenvalue weighted by molar-refractivity contribution is -0.870. The molecule has 2 unspecified atom stereocenters. The smallest absolute Gasteiger partial charge is 0.457 e. The van der Waals surface area contributed by atoms with Gasteiger partial charge < -0.3 is 18.9 Å². The Labute approximate surface area is 303 Å². The van der Waals surface area contributed by atoms with Crippen LogP contribution in [0.5, 0.6) is 0 Å². The van der Waals surface area contributed by atoms with Gasteiger partial charge in [-0.25, -0.2) is 4.57 Å². The lowest BCUT2D eigenvalue weighted by Crippen LogP contribution is -2.37. The van der Waals surface area contributed by atoms with Crippen molar-refractivity contribution in [2.45, 2.75) is 174 Å². The summed E-state index contributed by atoms with van der Waals surface area (Å²) in [4.78, 5) is 22.8. The van der Waals surface area contributed by atoms with Gasteiger partial charge in [-0.05, 0) is 44.9 Å². The van der Waals surface area contributed by atoms with Gasteiger partial charge in [-0.3, -0.25) is 13.8 Å². The normalized spacial score (nSPS) is 14.2. The molecule has 0 spiro atoms. The molecule has 0 bridgehead atoms. The van der Waals surface area contributed by atoms with Gasteiger partial charge >= 0.3 is 13.8 Å². The molecule has 9 heteroatoms. The minimum atomic E-state index is -4.27. The van der Waals surface area contributed by atoms with E-state index in [1.807, 2.05) is 21.1 Å².